The van der Waals surface area contributed by atoms with Crippen molar-refractivity contribution < 1.29 is 0 Å². The molecule has 0 aliphatic carbocycles. The predicted molar refractivity (Wildman–Crippen MR) is 59.5 cm³/mol. The van der Waals surface area contributed by atoms with Gasteiger partial charge in [-0.15, -0.1) is 0 Å². The fourth-order valence-electron chi connectivity index (χ4n) is 1.89. The zero-order valence-corrected chi connectivity index (χ0v) is 9.40. The number of piperazine rings is 1. The van der Waals surface area contributed by atoms with Crippen LogP contribution in [0.15, 0.2) is 12.4 Å². The van der Waals surface area contributed by atoms with E-state index >= 15 is 0 Å². The Kier molecular flexibility index (Phi) is 3.28. The van der Waals surface area contributed by atoms with Gasteiger partial charge in [0.25, 0.3) is 0 Å². The van der Waals surface area contributed by atoms with Crippen LogP contribution in [0.4, 0.5) is 0 Å². The quantitative estimate of drug-likeness (QED) is 0.768. The molecular weight excluding hydrogens is 188 g/mol. The monoisotopic (exact) mass is 206 g/mol. The van der Waals surface area contributed by atoms with Gasteiger partial charge in [-0.2, -0.15) is 0 Å². The summed E-state index contributed by atoms with van der Waals surface area (Å²) in [7, 11) is 0. The summed E-state index contributed by atoms with van der Waals surface area (Å²) < 4.78 is 0. The standard InChI is InChI=1S/C11H18N4/c1-9-5-14-11(6-13-9)8-15-4-3-12-10(2)7-15/h5-6,10,12H,3-4,7-8H2,1-2H3. The van der Waals surface area contributed by atoms with Gasteiger partial charge < -0.3 is 5.32 Å². The van der Waals surface area contributed by atoms with Crippen molar-refractivity contribution in [2.75, 3.05) is 19.6 Å². The molecule has 4 heteroatoms. The van der Waals surface area contributed by atoms with Crippen LogP contribution in [0.3, 0.4) is 0 Å². The molecule has 1 fully saturated rings. The van der Waals surface area contributed by atoms with E-state index in [9.17, 15) is 0 Å². The van der Waals surface area contributed by atoms with E-state index in [0.29, 0.717) is 6.04 Å². The minimum absolute atomic E-state index is 0.581. The van der Waals surface area contributed by atoms with Gasteiger partial charge in [-0.25, -0.2) is 0 Å². The number of nitrogens with zero attached hydrogens (tertiary/aromatic N) is 3. The Hall–Kier alpha value is -1.00. The summed E-state index contributed by atoms with van der Waals surface area (Å²) in [6.07, 6.45) is 3.71. The molecule has 1 saturated heterocycles. The maximum atomic E-state index is 4.37. The topological polar surface area (TPSA) is 41.1 Å². The van der Waals surface area contributed by atoms with Crippen molar-refractivity contribution in [2.24, 2.45) is 0 Å². The lowest BCUT2D eigenvalue weighted by Gasteiger charge is -2.31. The molecule has 4 nitrogen and oxygen atoms in total. The molecule has 1 N–H and O–H groups in total. The Labute approximate surface area is 90.7 Å². The fourth-order valence-corrected chi connectivity index (χ4v) is 1.89. The van der Waals surface area contributed by atoms with Gasteiger partial charge in [0.1, 0.15) is 0 Å². The maximum Gasteiger partial charge on any atom is 0.0727 e. The SMILES string of the molecule is Cc1cnc(CN2CCNC(C)C2)cn1. The van der Waals surface area contributed by atoms with Gasteiger partial charge in [-0.1, -0.05) is 0 Å². The van der Waals surface area contributed by atoms with E-state index in [1.54, 1.807) is 0 Å². The van der Waals surface area contributed by atoms with Crippen LogP contribution in [0.25, 0.3) is 0 Å². The first-order valence-corrected chi connectivity index (χ1v) is 5.47. The number of rotatable bonds is 2. The molecule has 1 aromatic heterocycles. The van der Waals surface area contributed by atoms with E-state index in [0.717, 1.165) is 37.6 Å². The Bertz CT molecular complexity index is 309. The van der Waals surface area contributed by atoms with Gasteiger partial charge in [-0.05, 0) is 13.8 Å². The highest BCUT2D eigenvalue weighted by molar-refractivity contribution is 5.00. The smallest absolute Gasteiger partial charge is 0.0727 e. The predicted octanol–water partition coefficient (Wildman–Crippen LogP) is 0.579. The Morgan fingerprint density at radius 3 is 3.00 bits per heavy atom. The van der Waals surface area contributed by atoms with Crippen LogP contribution in [0, 0.1) is 6.92 Å². The van der Waals surface area contributed by atoms with Gasteiger partial charge in [0.15, 0.2) is 0 Å². The second-order valence-corrected chi connectivity index (χ2v) is 4.24. The Morgan fingerprint density at radius 2 is 2.33 bits per heavy atom. The first kappa shape index (κ1) is 10.5. The third kappa shape index (κ3) is 2.97. The second kappa shape index (κ2) is 4.68. The number of nitrogens with one attached hydrogen (secondary N) is 1. The highest BCUT2D eigenvalue weighted by Gasteiger charge is 2.15. The molecule has 1 atom stereocenters. The van der Waals surface area contributed by atoms with Crippen molar-refractivity contribution >= 4 is 0 Å². The van der Waals surface area contributed by atoms with Crippen molar-refractivity contribution in [3.05, 3.63) is 23.8 Å². The average molecular weight is 206 g/mol. The molecule has 2 rings (SSSR count). The van der Waals surface area contributed by atoms with Crippen LogP contribution in [-0.4, -0.2) is 40.5 Å². The molecule has 0 radical (unpaired) electrons. The van der Waals surface area contributed by atoms with Gasteiger partial charge in [0.2, 0.25) is 0 Å². The molecule has 0 bridgehead atoms. The lowest BCUT2D eigenvalue weighted by molar-refractivity contribution is 0.197. The van der Waals surface area contributed by atoms with Crippen molar-refractivity contribution in [1.82, 2.24) is 20.2 Å². The molecule has 15 heavy (non-hydrogen) atoms. The van der Waals surface area contributed by atoms with Crippen molar-refractivity contribution in [2.45, 2.75) is 26.4 Å². The van der Waals surface area contributed by atoms with Crippen molar-refractivity contribution in [1.29, 1.82) is 0 Å². The highest BCUT2D eigenvalue weighted by Crippen LogP contribution is 2.04. The molecule has 1 aromatic rings. The molecule has 0 saturated carbocycles. The zero-order valence-electron chi connectivity index (χ0n) is 9.40. The summed E-state index contributed by atoms with van der Waals surface area (Å²) in [6, 6.07) is 0.581. The molecule has 2 heterocycles. The Morgan fingerprint density at radius 1 is 1.47 bits per heavy atom. The third-order valence-electron chi connectivity index (χ3n) is 2.67. The lowest BCUT2D eigenvalue weighted by atomic mass is 10.2. The van der Waals surface area contributed by atoms with Crippen LogP contribution < -0.4 is 5.32 Å². The minimum Gasteiger partial charge on any atom is -0.312 e. The first-order chi connectivity index (χ1) is 7.24. The summed E-state index contributed by atoms with van der Waals surface area (Å²) in [5.74, 6) is 0. The number of hydrogen-bond donors (Lipinski definition) is 1. The molecule has 0 spiro atoms. The van der Waals surface area contributed by atoms with Crippen molar-refractivity contribution in [3.8, 4) is 0 Å². The number of aryl methyl sites for hydroxylation is 1. The normalized spacial score (nSPS) is 22.9. The molecule has 1 aliphatic heterocycles. The van der Waals surface area contributed by atoms with Crippen LogP contribution in [-0.2, 0) is 6.54 Å². The first-order valence-electron chi connectivity index (χ1n) is 5.47. The van der Waals surface area contributed by atoms with E-state index in [4.69, 9.17) is 0 Å². The highest BCUT2D eigenvalue weighted by atomic mass is 15.2. The van der Waals surface area contributed by atoms with Crippen LogP contribution in [0.2, 0.25) is 0 Å². The summed E-state index contributed by atoms with van der Waals surface area (Å²) in [6.45, 7) is 8.35. The maximum absolute atomic E-state index is 4.37. The molecule has 82 valence electrons. The number of aromatic nitrogens is 2. The molecule has 0 amide bonds. The summed E-state index contributed by atoms with van der Waals surface area (Å²) >= 11 is 0. The van der Waals surface area contributed by atoms with E-state index in [1.165, 1.54) is 0 Å². The summed E-state index contributed by atoms with van der Waals surface area (Å²) in [5, 5.41) is 3.43. The molecule has 1 unspecified atom stereocenters. The number of hydrogen-bond acceptors (Lipinski definition) is 4. The fraction of sp³-hybridized carbons (Fsp3) is 0.636. The summed E-state index contributed by atoms with van der Waals surface area (Å²) in [4.78, 5) is 11.0. The van der Waals surface area contributed by atoms with Crippen LogP contribution >= 0.6 is 0 Å². The average Bonchev–Trinajstić information content (AvgIpc) is 2.22. The van der Waals surface area contributed by atoms with Gasteiger partial charge in [-0.3, -0.25) is 14.9 Å². The van der Waals surface area contributed by atoms with Crippen LogP contribution in [0.1, 0.15) is 18.3 Å². The van der Waals surface area contributed by atoms with Gasteiger partial charge >= 0.3 is 0 Å². The Balaban J connectivity index is 1.93. The largest absolute Gasteiger partial charge is 0.312 e. The van der Waals surface area contributed by atoms with E-state index in [1.807, 2.05) is 19.3 Å². The lowest BCUT2D eigenvalue weighted by Crippen LogP contribution is -2.48. The zero-order chi connectivity index (χ0) is 10.7. The second-order valence-electron chi connectivity index (χ2n) is 4.24. The summed E-state index contributed by atoms with van der Waals surface area (Å²) in [5.41, 5.74) is 2.04. The minimum atomic E-state index is 0.581. The molecular formula is C11H18N4. The van der Waals surface area contributed by atoms with E-state index < -0.39 is 0 Å². The molecule has 1 aliphatic rings. The van der Waals surface area contributed by atoms with E-state index in [-0.39, 0.29) is 0 Å². The molecule has 0 aromatic carbocycles. The van der Waals surface area contributed by atoms with Gasteiger partial charge in [0.05, 0.1) is 11.4 Å². The van der Waals surface area contributed by atoms with Crippen LogP contribution in [0.5, 0.6) is 0 Å². The third-order valence-corrected chi connectivity index (χ3v) is 2.67. The van der Waals surface area contributed by atoms with E-state index in [2.05, 4.69) is 27.1 Å². The van der Waals surface area contributed by atoms with Gasteiger partial charge in [0, 0.05) is 44.6 Å². The van der Waals surface area contributed by atoms with Crippen molar-refractivity contribution in [3.63, 3.8) is 0 Å².